The molecule has 0 radical (unpaired) electrons. The van der Waals surface area contributed by atoms with Crippen molar-refractivity contribution in [1.82, 2.24) is 10.3 Å². The normalized spacial score (nSPS) is 11.0. The van der Waals surface area contributed by atoms with Crippen molar-refractivity contribution >= 4 is 21.6 Å². The van der Waals surface area contributed by atoms with Gasteiger partial charge in [0.2, 0.25) is 5.88 Å². The van der Waals surface area contributed by atoms with Crippen molar-refractivity contribution in [3.05, 3.63) is 77.5 Å². The van der Waals surface area contributed by atoms with Crippen LogP contribution >= 0.6 is 0 Å². The molecule has 1 aromatic heterocycles. The van der Waals surface area contributed by atoms with Crippen molar-refractivity contribution < 1.29 is 27.4 Å². The molecular formula is C24H27N3O6S. The van der Waals surface area contributed by atoms with Gasteiger partial charge in [0, 0.05) is 37.2 Å². The van der Waals surface area contributed by atoms with Crippen LogP contribution in [0.3, 0.4) is 0 Å². The molecule has 0 aliphatic carbocycles. The number of hydrogen-bond donors (Lipinski definition) is 2. The Kier molecular flexibility index (Phi) is 8.44. The Morgan fingerprint density at radius 3 is 2.41 bits per heavy atom. The van der Waals surface area contributed by atoms with E-state index in [9.17, 15) is 13.2 Å². The predicted octanol–water partition coefficient (Wildman–Crippen LogP) is 3.15. The zero-order valence-electron chi connectivity index (χ0n) is 19.2. The van der Waals surface area contributed by atoms with E-state index in [1.807, 2.05) is 0 Å². The zero-order chi connectivity index (χ0) is 24.6. The fourth-order valence-electron chi connectivity index (χ4n) is 2.99. The molecule has 0 aliphatic rings. The van der Waals surface area contributed by atoms with Crippen LogP contribution in [0, 0.1) is 6.92 Å². The van der Waals surface area contributed by atoms with Crippen molar-refractivity contribution in [2.75, 3.05) is 32.2 Å². The molecule has 2 N–H and O–H groups in total. The van der Waals surface area contributed by atoms with Gasteiger partial charge in [-0.25, -0.2) is 13.4 Å². The lowest BCUT2D eigenvalue weighted by molar-refractivity contribution is 0.0950. The maximum atomic E-state index is 12.8. The van der Waals surface area contributed by atoms with E-state index in [0.717, 1.165) is 5.56 Å². The number of benzene rings is 2. The minimum atomic E-state index is -3.89. The highest BCUT2D eigenvalue weighted by Gasteiger charge is 2.18. The summed E-state index contributed by atoms with van der Waals surface area (Å²) in [5.74, 6) is 0.686. The van der Waals surface area contributed by atoms with Gasteiger partial charge in [-0.1, -0.05) is 12.1 Å². The second kappa shape index (κ2) is 11.5. The van der Waals surface area contributed by atoms with E-state index < -0.39 is 10.0 Å². The van der Waals surface area contributed by atoms with Crippen LogP contribution in [0.2, 0.25) is 0 Å². The molecule has 0 bridgehead atoms. The lowest BCUT2D eigenvalue weighted by Crippen LogP contribution is -2.24. The average Bonchev–Trinajstić information content (AvgIpc) is 2.84. The van der Waals surface area contributed by atoms with Crippen LogP contribution in [-0.2, 0) is 21.3 Å². The van der Waals surface area contributed by atoms with E-state index in [4.69, 9.17) is 14.2 Å². The van der Waals surface area contributed by atoms with Crippen molar-refractivity contribution in [3.63, 3.8) is 0 Å². The van der Waals surface area contributed by atoms with E-state index >= 15 is 0 Å². The number of hydrogen-bond acceptors (Lipinski definition) is 7. The molecule has 0 fully saturated rings. The van der Waals surface area contributed by atoms with Gasteiger partial charge in [0.05, 0.1) is 18.6 Å². The van der Waals surface area contributed by atoms with Crippen molar-refractivity contribution in [3.8, 4) is 11.6 Å². The number of ether oxygens (including phenoxy) is 3. The topological polar surface area (TPSA) is 116 Å². The molecule has 10 heteroatoms. The Morgan fingerprint density at radius 1 is 1.00 bits per heavy atom. The number of sulfonamides is 1. The summed E-state index contributed by atoms with van der Waals surface area (Å²) in [7, 11) is -0.771. The standard InChI is InChI=1S/C24H27N3O6S/c1-17-4-10-21(34(29,30)27-19-6-8-20(32-3)9-7-19)14-22(17)24(28)26-16-18-5-11-23(25-15-18)33-13-12-31-2/h4-11,14-15,27H,12-13,16H2,1-3H3,(H,26,28). The van der Waals surface area contributed by atoms with Crippen molar-refractivity contribution in [2.45, 2.75) is 18.4 Å². The number of methoxy groups -OCH3 is 2. The van der Waals surface area contributed by atoms with Crippen LogP contribution in [0.1, 0.15) is 21.5 Å². The lowest BCUT2D eigenvalue weighted by atomic mass is 10.1. The molecule has 0 atom stereocenters. The maximum absolute atomic E-state index is 12.8. The van der Waals surface area contributed by atoms with Crippen LogP contribution in [0.25, 0.3) is 0 Å². The highest BCUT2D eigenvalue weighted by atomic mass is 32.2. The first-order chi connectivity index (χ1) is 16.3. The minimum absolute atomic E-state index is 0.0155. The molecule has 2 aromatic carbocycles. The minimum Gasteiger partial charge on any atom is -0.497 e. The van der Waals surface area contributed by atoms with Gasteiger partial charge >= 0.3 is 0 Å². The summed E-state index contributed by atoms with van der Waals surface area (Å²) < 4.78 is 43.6. The fraction of sp³-hybridized carbons (Fsp3) is 0.250. The molecule has 3 rings (SSSR count). The van der Waals surface area contributed by atoms with E-state index in [1.54, 1.807) is 62.7 Å². The molecule has 1 amide bonds. The number of amides is 1. The summed E-state index contributed by atoms with van der Waals surface area (Å²) in [4.78, 5) is 17.0. The van der Waals surface area contributed by atoms with Crippen LogP contribution in [0.15, 0.2) is 65.7 Å². The molecule has 34 heavy (non-hydrogen) atoms. The van der Waals surface area contributed by atoms with Gasteiger partial charge in [0.1, 0.15) is 12.4 Å². The van der Waals surface area contributed by atoms with Crippen molar-refractivity contribution in [2.24, 2.45) is 0 Å². The summed E-state index contributed by atoms with van der Waals surface area (Å²) >= 11 is 0. The van der Waals surface area contributed by atoms with Gasteiger partial charge in [-0.2, -0.15) is 0 Å². The van der Waals surface area contributed by atoms with Gasteiger partial charge in [0.25, 0.3) is 15.9 Å². The van der Waals surface area contributed by atoms with Gasteiger partial charge < -0.3 is 19.5 Å². The average molecular weight is 486 g/mol. The molecule has 9 nitrogen and oxygen atoms in total. The van der Waals surface area contributed by atoms with Gasteiger partial charge in [0.15, 0.2) is 0 Å². The lowest BCUT2D eigenvalue weighted by Gasteiger charge is -2.12. The highest BCUT2D eigenvalue weighted by molar-refractivity contribution is 7.92. The Hall–Kier alpha value is -3.63. The number of carbonyl (C=O) groups is 1. The largest absolute Gasteiger partial charge is 0.497 e. The number of nitrogens with zero attached hydrogens (tertiary/aromatic N) is 1. The number of aryl methyl sites for hydroxylation is 1. The molecule has 0 spiro atoms. The van der Waals surface area contributed by atoms with E-state index in [0.29, 0.717) is 36.1 Å². The SMILES string of the molecule is COCCOc1ccc(CNC(=O)c2cc(S(=O)(=O)Nc3ccc(OC)cc3)ccc2C)cn1. The van der Waals surface area contributed by atoms with Gasteiger partial charge in [-0.3, -0.25) is 9.52 Å². The molecule has 0 unspecified atom stereocenters. The fourth-order valence-corrected chi connectivity index (χ4v) is 4.08. The number of pyridine rings is 1. The number of anilines is 1. The Labute approximate surface area is 199 Å². The van der Waals surface area contributed by atoms with E-state index in [2.05, 4.69) is 15.0 Å². The number of rotatable bonds is 11. The summed E-state index contributed by atoms with van der Waals surface area (Å²) in [5, 5.41) is 2.80. The quantitative estimate of drug-likeness (QED) is 0.401. The first-order valence-corrected chi connectivity index (χ1v) is 11.9. The van der Waals surface area contributed by atoms with Crippen LogP contribution < -0.4 is 19.5 Å². The molecule has 0 saturated carbocycles. The Morgan fingerprint density at radius 2 is 1.76 bits per heavy atom. The third-order valence-electron chi connectivity index (χ3n) is 4.89. The molecule has 0 saturated heterocycles. The zero-order valence-corrected chi connectivity index (χ0v) is 20.0. The van der Waals surface area contributed by atoms with Crippen LogP contribution in [-0.4, -0.2) is 46.7 Å². The maximum Gasteiger partial charge on any atom is 0.261 e. The summed E-state index contributed by atoms with van der Waals surface area (Å²) in [6, 6.07) is 14.4. The van der Waals surface area contributed by atoms with E-state index in [-0.39, 0.29) is 22.9 Å². The third kappa shape index (κ3) is 6.69. The molecule has 3 aromatic rings. The Bertz CT molecular complexity index is 1210. The highest BCUT2D eigenvalue weighted by Crippen LogP contribution is 2.21. The third-order valence-corrected chi connectivity index (χ3v) is 6.27. The number of carbonyl (C=O) groups excluding carboxylic acids is 1. The first kappa shape index (κ1) is 25.0. The van der Waals surface area contributed by atoms with Crippen LogP contribution in [0.5, 0.6) is 11.6 Å². The molecular weight excluding hydrogens is 458 g/mol. The molecule has 1 heterocycles. The summed E-state index contributed by atoms with van der Waals surface area (Å²) in [6.07, 6.45) is 1.61. The second-order valence-electron chi connectivity index (χ2n) is 7.34. The predicted molar refractivity (Wildman–Crippen MR) is 128 cm³/mol. The number of aromatic nitrogens is 1. The Balaban J connectivity index is 1.66. The van der Waals surface area contributed by atoms with E-state index in [1.165, 1.54) is 19.2 Å². The van der Waals surface area contributed by atoms with Crippen molar-refractivity contribution in [1.29, 1.82) is 0 Å². The molecule has 0 aliphatic heterocycles. The summed E-state index contributed by atoms with van der Waals surface area (Å²) in [5.41, 5.74) is 2.08. The monoisotopic (exact) mass is 485 g/mol. The van der Waals surface area contributed by atoms with Crippen LogP contribution in [0.4, 0.5) is 5.69 Å². The van der Waals surface area contributed by atoms with Gasteiger partial charge in [-0.05, 0) is 54.4 Å². The first-order valence-electron chi connectivity index (χ1n) is 10.4. The number of nitrogens with one attached hydrogen (secondary N) is 2. The molecule has 180 valence electrons. The smallest absolute Gasteiger partial charge is 0.261 e. The second-order valence-corrected chi connectivity index (χ2v) is 9.02. The summed E-state index contributed by atoms with van der Waals surface area (Å²) in [6.45, 7) is 2.83. The van der Waals surface area contributed by atoms with Gasteiger partial charge in [-0.15, -0.1) is 0 Å².